The molecule has 0 radical (unpaired) electrons. The molecule has 0 bridgehead atoms. The molecular weight excluding hydrogens is 324 g/mol. The van der Waals surface area contributed by atoms with Gasteiger partial charge in [-0.05, 0) is 44.4 Å². The number of rotatable bonds is 4. The van der Waals surface area contributed by atoms with Crippen molar-refractivity contribution in [2.75, 3.05) is 20.1 Å². The number of nitrogens with zero attached hydrogens (tertiary/aromatic N) is 4. The molecule has 138 valence electrons. The molecule has 2 fully saturated rings. The van der Waals surface area contributed by atoms with Crippen LogP contribution >= 0.6 is 0 Å². The van der Waals surface area contributed by atoms with Gasteiger partial charge in [-0.15, -0.1) is 0 Å². The minimum absolute atomic E-state index is 0.128. The standard InChI is InChI=1S/C21H28N4O/c1-24(15-17-13-22-19-10-4-5-11-20(19)23-17)21(26)16-7-6-12-25(14-16)18-8-2-3-9-18/h4-5,10-11,13,16,18H,2-3,6-9,12,14-15H2,1H3. The lowest BCUT2D eigenvalue weighted by Gasteiger charge is -2.37. The van der Waals surface area contributed by atoms with Gasteiger partial charge in [0.15, 0.2) is 0 Å². The number of carbonyl (C=O) groups is 1. The minimum Gasteiger partial charge on any atom is -0.340 e. The van der Waals surface area contributed by atoms with Crippen LogP contribution in [0.4, 0.5) is 0 Å². The van der Waals surface area contributed by atoms with Crippen molar-refractivity contribution in [1.29, 1.82) is 0 Å². The van der Waals surface area contributed by atoms with E-state index >= 15 is 0 Å². The SMILES string of the molecule is CN(Cc1cnc2ccccc2n1)C(=O)C1CCCN(C2CCCC2)C1. The molecule has 1 atom stereocenters. The van der Waals surface area contributed by atoms with Crippen molar-refractivity contribution in [3.05, 3.63) is 36.2 Å². The van der Waals surface area contributed by atoms with E-state index < -0.39 is 0 Å². The summed E-state index contributed by atoms with van der Waals surface area (Å²) in [5, 5.41) is 0. The highest BCUT2D eigenvalue weighted by Gasteiger charge is 2.32. The van der Waals surface area contributed by atoms with Crippen LogP contribution in [-0.2, 0) is 11.3 Å². The lowest BCUT2D eigenvalue weighted by Crippen LogP contribution is -2.46. The number of likely N-dealkylation sites (tertiary alicyclic amines) is 1. The lowest BCUT2D eigenvalue weighted by molar-refractivity contribution is -0.136. The second kappa shape index (κ2) is 7.70. The molecule has 2 heterocycles. The fraction of sp³-hybridized carbons (Fsp3) is 0.571. The van der Waals surface area contributed by atoms with E-state index in [0.717, 1.165) is 42.7 Å². The van der Waals surface area contributed by atoms with E-state index in [2.05, 4.69) is 14.9 Å². The number of aromatic nitrogens is 2. The molecule has 1 aromatic heterocycles. The number of hydrogen-bond donors (Lipinski definition) is 0. The summed E-state index contributed by atoms with van der Waals surface area (Å²) in [4.78, 5) is 26.5. The van der Waals surface area contributed by atoms with E-state index in [1.165, 1.54) is 25.7 Å². The quantitative estimate of drug-likeness (QED) is 0.848. The van der Waals surface area contributed by atoms with Gasteiger partial charge in [0.05, 0.1) is 35.4 Å². The van der Waals surface area contributed by atoms with Crippen LogP contribution in [0.1, 0.15) is 44.2 Å². The predicted molar refractivity (Wildman–Crippen MR) is 103 cm³/mol. The highest BCUT2D eigenvalue weighted by atomic mass is 16.2. The van der Waals surface area contributed by atoms with Crippen molar-refractivity contribution in [3.63, 3.8) is 0 Å². The molecule has 2 aromatic rings. The molecule has 4 rings (SSSR count). The van der Waals surface area contributed by atoms with Crippen LogP contribution in [0.3, 0.4) is 0 Å². The van der Waals surface area contributed by atoms with Crippen LogP contribution in [0, 0.1) is 5.92 Å². The molecule has 1 saturated carbocycles. The molecule has 5 nitrogen and oxygen atoms in total. The first-order valence-corrected chi connectivity index (χ1v) is 9.90. The number of hydrogen-bond acceptors (Lipinski definition) is 4. The highest BCUT2D eigenvalue weighted by Crippen LogP contribution is 2.28. The van der Waals surface area contributed by atoms with Gasteiger partial charge in [-0.3, -0.25) is 14.7 Å². The van der Waals surface area contributed by atoms with Crippen LogP contribution in [0.15, 0.2) is 30.5 Å². The van der Waals surface area contributed by atoms with E-state index in [1.807, 2.05) is 36.2 Å². The van der Waals surface area contributed by atoms with Crippen LogP contribution < -0.4 is 0 Å². The Hall–Kier alpha value is -2.01. The molecule has 1 unspecified atom stereocenters. The van der Waals surface area contributed by atoms with Gasteiger partial charge in [0, 0.05) is 19.6 Å². The molecule has 26 heavy (non-hydrogen) atoms. The lowest BCUT2D eigenvalue weighted by atomic mass is 9.95. The number of amides is 1. The monoisotopic (exact) mass is 352 g/mol. The average molecular weight is 352 g/mol. The number of piperidine rings is 1. The van der Waals surface area contributed by atoms with Crippen molar-refractivity contribution in [1.82, 2.24) is 19.8 Å². The van der Waals surface area contributed by atoms with Gasteiger partial charge in [0.25, 0.3) is 0 Å². The highest BCUT2D eigenvalue weighted by molar-refractivity contribution is 5.79. The topological polar surface area (TPSA) is 49.3 Å². The van der Waals surface area contributed by atoms with Crippen molar-refractivity contribution < 1.29 is 4.79 Å². The zero-order valence-electron chi connectivity index (χ0n) is 15.6. The first-order chi connectivity index (χ1) is 12.7. The zero-order chi connectivity index (χ0) is 17.9. The Labute approximate surface area is 155 Å². The summed E-state index contributed by atoms with van der Waals surface area (Å²) in [7, 11) is 1.90. The van der Waals surface area contributed by atoms with Crippen LogP contribution in [0.25, 0.3) is 11.0 Å². The van der Waals surface area contributed by atoms with Gasteiger partial charge in [-0.1, -0.05) is 25.0 Å². The summed E-state index contributed by atoms with van der Waals surface area (Å²) < 4.78 is 0. The second-order valence-corrected chi connectivity index (χ2v) is 7.82. The Bertz CT molecular complexity index is 771. The van der Waals surface area contributed by atoms with Gasteiger partial charge in [-0.2, -0.15) is 0 Å². The van der Waals surface area contributed by atoms with Gasteiger partial charge >= 0.3 is 0 Å². The van der Waals surface area contributed by atoms with Gasteiger partial charge in [0.1, 0.15) is 0 Å². The third kappa shape index (κ3) is 3.73. The van der Waals surface area contributed by atoms with Gasteiger partial charge < -0.3 is 4.90 Å². The van der Waals surface area contributed by atoms with Crippen molar-refractivity contribution in [2.24, 2.45) is 5.92 Å². The Balaban J connectivity index is 1.40. The summed E-state index contributed by atoms with van der Waals surface area (Å²) >= 11 is 0. The molecule has 0 spiro atoms. The van der Waals surface area contributed by atoms with Crippen LogP contribution in [-0.4, -0.2) is 51.9 Å². The van der Waals surface area contributed by atoms with E-state index in [-0.39, 0.29) is 11.8 Å². The zero-order valence-corrected chi connectivity index (χ0v) is 15.6. The van der Waals surface area contributed by atoms with Crippen molar-refractivity contribution in [2.45, 2.75) is 51.1 Å². The molecule has 1 aliphatic carbocycles. The fourth-order valence-electron chi connectivity index (χ4n) is 4.51. The first-order valence-electron chi connectivity index (χ1n) is 9.90. The smallest absolute Gasteiger partial charge is 0.227 e. The second-order valence-electron chi connectivity index (χ2n) is 7.82. The number of para-hydroxylation sites is 2. The Kier molecular flexibility index (Phi) is 5.16. The van der Waals surface area contributed by atoms with Crippen LogP contribution in [0.5, 0.6) is 0 Å². The maximum absolute atomic E-state index is 13.0. The molecule has 2 aliphatic rings. The van der Waals surface area contributed by atoms with E-state index in [4.69, 9.17) is 0 Å². The molecule has 1 aromatic carbocycles. The van der Waals surface area contributed by atoms with Crippen molar-refractivity contribution >= 4 is 16.9 Å². The maximum atomic E-state index is 13.0. The molecule has 1 aliphatic heterocycles. The number of benzene rings is 1. The Morgan fingerprint density at radius 1 is 1.15 bits per heavy atom. The van der Waals surface area contributed by atoms with Gasteiger partial charge in [0.2, 0.25) is 5.91 Å². The Morgan fingerprint density at radius 2 is 1.92 bits per heavy atom. The van der Waals surface area contributed by atoms with E-state index in [1.54, 1.807) is 6.20 Å². The summed E-state index contributed by atoms with van der Waals surface area (Å²) in [5.74, 6) is 0.380. The molecule has 0 N–H and O–H groups in total. The number of carbonyl (C=O) groups excluding carboxylic acids is 1. The molecule has 1 amide bonds. The molecule has 5 heteroatoms. The van der Waals surface area contributed by atoms with E-state index in [9.17, 15) is 4.79 Å². The summed E-state index contributed by atoms with van der Waals surface area (Å²) in [5.41, 5.74) is 2.63. The molecule has 1 saturated heterocycles. The average Bonchev–Trinajstić information content (AvgIpc) is 3.22. The van der Waals surface area contributed by atoms with Crippen LogP contribution in [0.2, 0.25) is 0 Å². The normalized spacial score (nSPS) is 22.0. The van der Waals surface area contributed by atoms with Crippen molar-refractivity contribution in [3.8, 4) is 0 Å². The number of fused-ring (bicyclic) bond motifs is 1. The minimum atomic E-state index is 0.128. The summed E-state index contributed by atoms with van der Waals surface area (Å²) in [6.45, 7) is 2.61. The van der Waals surface area contributed by atoms with Gasteiger partial charge in [-0.25, -0.2) is 4.98 Å². The third-order valence-corrected chi connectivity index (χ3v) is 5.92. The summed E-state index contributed by atoms with van der Waals surface area (Å²) in [6.07, 6.45) is 9.25. The molecular formula is C21H28N4O. The maximum Gasteiger partial charge on any atom is 0.227 e. The third-order valence-electron chi connectivity index (χ3n) is 5.92. The Morgan fingerprint density at radius 3 is 2.73 bits per heavy atom. The van der Waals surface area contributed by atoms with E-state index in [0.29, 0.717) is 12.6 Å². The fourth-order valence-corrected chi connectivity index (χ4v) is 4.51. The predicted octanol–water partition coefficient (Wildman–Crippen LogP) is 3.24. The largest absolute Gasteiger partial charge is 0.340 e. The first kappa shape index (κ1) is 17.4. The summed E-state index contributed by atoms with van der Waals surface area (Å²) in [6, 6.07) is 8.57.